The summed E-state index contributed by atoms with van der Waals surface area (Å²) in [5.74, 6) is 0.571. The SMILES string of the molecule is COc1ccc(N2CCN(CC(=O)NCC3Cc4ccccc4CO3)C2=O)cc1. The van der Waals surface area contributed by atoms with Crippen molar-refractivity contribution in [2.45, 2.75) is 19.1 Å². The van der Waals surface area contributed by atoms with Crippen molar-refractivity contribution in [2.75, 3.05) is 38.2 Å². The van der Waals surface area contributed by atoms with Crippen LogP contribution in [-0.2, 0) is 22.6 Å². The standard InChI is InChI=1S/C22H25N3O4/c1-28-19-8-6-18(7-9-19)25-11-10-24(22(25)27)14-21(26)23-13-20-12-16-4-2-3-5-17(16)15-29-20/h2-9,20H,10-15H2,1H3,(H,23,26). The number of anilines is 1. The third-order valence-corrected chi connectivity index (χ3v) is 5.38. The van der Waals surface area contributed by atoms with Crippen molar-refractivity contribution in [1.82, 2.24) is 10.2 Å². The Balaban J connectivity index is 1.26. The first-order valence-corrected chi connectivity index (χ1v) is 9.79. The molecule has 152 valence electrons. The molecule has 0 aromatic heterocycles. The van der Waals surface area contributed by atoms with Gasteiger partial charge in [-0.3, -0.25) is 9.69 Å². The van der Waals surface area contributed by atoms with Gasteiger partial charge in [-0.1, -0.05) is 24.3 Å². The third kappa shape index (κ3) is 4.35. The number of methoxy groups -OCH3 is 1. The fourth-order valence-corrected chi connectivity index (χ4v) is 3.73. The van der Waals surface area contributed by atoms with Gasteiger partial charge in [-0.25, -0.2) is 4.79 Å². The molecular weight excluding hydrogens is 370 g/mol. The van der Waals surface area contributed by atoms with Gasteiger partial charge in [0, 0.05) is 31.7 Å². The molecule has 7 heteroatoms. The van der Waals surface area contributed by atoms with Gasteiger partial charge in [-0.05, 0) is 35.4 Å². The van der Waals surface area contributed by atoms with E-state index in [0.717, 1.165) is 17.9 Å². The van der Waals surface area contributed by atoms with Crippen LogP contribution < -0.4 is 15.0 Å². The number of benzene rings is 2. The molecule has 1 fully saturated rings. The first-order chi connectivity index (χ1) is 14.1. The topological polar surface area (TPSA) is 71.1 Å². The van der Waals surface area contributed by atoms with Crippen LogP contribution in [0, 0.1) is 0 Å². The van der Waals surface area contributed by atoms with Gasteiger partial charge in [0.2, 0.25) is 5.91 Å². The van der Waals surface area contributed by atoms with Gasteiger partial charge in [0.15, 0.2) is 0 Å². The van der Waals surface area contributed by atoms with Gasteiger partial charge in [0.05, 0.1) is 19.8 Å². The third-order valence-electron chi connectivity index (χ3n) is 5.38. The van der Waals surface area contributed by atoms with E-state index >= 15 is 0 Å². The van der Waals surface area contributed by atoms with Gasteiger partial charge in [0.25, 0.3) is 0 Å². The molecule has 2 aromatic carbocycles. The highest BCUT2D eigenvalue weighted by Crippen LogP contribution is 2.23. The Hall–Kier alpha value is -3.06. The van der Waals surface area contributed by atoms with E-state index in [2.05, 4.69) is 17.4 Å². The number of hydrogen-bond donors (Lipinski definition) is 1. The fourth-order valence-electron chi connectivity index (χ4n) is 3.73. The average molecular weight is 395 g/mol. The summed E-state index contributed by atoms with van der Waals surface area (Å²) in [4.78, 5) is 28.3. The molecule has 3 amide bonds. The summed E-state index contributed by atoms with van der Waals surface area (Å²) in [6, 6.07) is 15.4. The molecule has 2 heterocycles. The van der Waals surface area contributed by atoms with Crippen LogP contribution in [0.25, 0.3) is 0 Å². The first-order valence-electron chi connectivity index (χ1n) is 9.79. The molecule has 2 aliphatic rings. The number of amides is 3. The smallest absolute Gasteiger partial charge is 0.325 e. The maximum Gasteiger partial charge on any atom is 0.325 e. The molecule has 1 atom stereocenters. The molecule has 0 spiro atoms. The summed E-state index contributed by atoms with van der Waals surface area (Å²) in [5, 5.41) is 2.91. The number of carbonyl (C=O) groups excluding carboxylic acids is 2. The van der Waals surface area contributed by atoms with E-state index in [4.69, 9.17) is 9.47 Å². The summed E-state index contributed by atoms with van der Waals surface area (Å²) in [5.41, 5.74) is 3.27. The fraction of sp³-hybridized carbons (Fsp3) is 0.364. The predicted molar refractivity (Wildman–Crippen MR) is 109 cm³/mol. The minimum Gasteiger partial charge on any atom is -0.497 e. The number of urea groups is 1. The zero-order chi connectivity index (χ0) is 20.2. The van der Waals surface area contributed by atoms with E-state index in [-0.39, 0.29) is 24.6 Å². The van der Waals surface area contributed by atoms with E-state index in [1.807, 2.05) is 36.4 Å². The molecule has 1 saturated heterocycles. The normalized spacial score (nSPS) is 18.5. The monoisotopic (exact) mass is 395 g/mol. The van der Waals surface area contributed by atoms with Crippen molar-refractivity contribution >= 4 is 17.6 Å². The second-order valence-corrected chi connectivity index (χ2v) is 7.26. The minimum absolute atomic E-state index is 0.0427. The summed E-state index contributed by atoms with van der Waals surface area (Å²) in [7, 11) is 1.60. The zero-order valence-electron chi connectivity index (χ0n) is 16.5. The van der Waals surface area contributed by atoms with E-state index in [9.17, 15) is 9.59 Å². The van der Waals surface area contributed by atoms with E-state index < -0.39 is 0 Å². The molecule has 1 N–H and O–H groups in total. The Kier molecular flexibility index (Phi) is 5.67. The second-order valence-electron chi connectivity index (χ2n) is 7.26. The highest BCUT2D eigenvalue weighted by Gasteiger charge is 2.31. The number of rotatable bonds is 6. The van der Waals surface area contributed by atoms with Gasteiger partial charge >= 0.3 is 6.03 Å². The molecule has 0 aliphatic carbocycles. The molecule has 0 bridgehead atoms. The van der Waals surface area contributed by atoms with Crippen LogP contribution in [0.4, 0.5) is 10.5 Å². The molecule has 2 aromatic rings. The number of carbonyl (C=O) groups is 2. The van der Waals surface area contributed by atoms with Crippen molar-refractivity contribution in [3.05, 3.63) is 59.7 Å². The minimum atomic E-state index is -0.169. The summed E-state index contributed by atoms with van der Waals surface area (Å²) >= 11 is 0. The number of fused-ring (bicyclic) bond motifs is 1. The lowest BCUT2D eigenvalue weighted by Gasteiger charge is -2.26. The molecule has 1 unspecified atom stereocenters. The maximum absolute atomic E-state index is 12.7. The van der Waals surface area contributed by atoms with Crippen LogP contribution in [0.5, 0.6) is 5.75 Å². The lowest BCUT2D eigenvalue weighted by Crippen LogP contribution is -2.43. The Morgan fingerprint density at radius 1 is 1.14 bits per heavy atom. The van der Waals surface area contributed by atoms with Crippen LogP contribution in [0.1, 0.15) is 11.1 Å². The molecule has 7 nitrogen and oxygen atoms in total. The molecule has 0 radical (unpaired) electrons. The van der Waals surface area contributed by atoms with Crippen molar-refractivity contribution in [2.24, 2.45) is 0 Å². The van der Waals surface area contributed by atoms with Gasteiger partial charge in [-0.15, -0.1) is 0 Å². The van der Waals surface area contributed by atoms with Gasteiger partial charge in [0.1, 0.15) is 12.3 Å². The van der Waals surface area contributed by atoms with Crippen molar-refractivity contribution in [3.8, 4) is 5.75 Å². The van der Waals surface area contributed by atoms with Gasteiger partial charge in [-0.2, -0.15) is 0 Å². The molecule has 4 rings (SSSR count). The van der Waals surface area contributed by atoms with Crippen molar-refractivity contribution < 1.29 is 19.1 Å². The Bertz CT molecular complexity index is 884. The number of hydrogen-bond acceptors (Lipinski definition) is 4. The van der Waals surface area contributed by atoms with E-state index in [1.54, 1.807) is 16.9 Å². The molecule has 2 aliphatic heterocycles. The van der Waals surface area contributed by atoms with Crippen LogP contribution in [0.3, 0.4) is 0 Å². The summed E-state index contributed by atoms with van der Waals surface area (Å²) < 4.78 is 11.0. The quantitative estimate of drug-likeness (QED) is 0.814. The number of nitrogens with one attached hydrogen (secondary N) is 1. The van der Waals surface area contributed by atoms with Crippen LogP contribution in [0.15, 0.2) is 48.5 Å². The van der Waals surface area contributed by atoms with Crippen LogP contribution in [0.2, 0.25) is 0 Å². The van der Waals surface area contributed by atoms with Crippen LogP contribution in [-0.4, -0.2) is 56.2 Å². The number of ether oxygens (including phenoxy) is 2. The second kappa shape index (κ2) is 8.53. The lowest BCUT2D eigenvalue weighted by molar-refractivity contribution is -0.122. The van der Waals surface area contributed by atoms with Crippen LogP contribution >= 0.6 is 0 Å². The van der Waals surface area contributed by atoms with Gasteiger partial charge < -0.3 is 19.7 Å². The zero-order valence-corrected chi connectivity index (χ0v) is 16.5. The first kappa shape index (κ1) is 19.3. The Morgan fingerprint density at radius 3 is 2.66 bits per heavy atom. The number of nitrogens with zero attached hydrogens (tertiary/aromatic N) is 2. The molecular formula is C22H25N3O4. The van der Waals surface area contributed by atoms with Crippen molar-refractivity contribution in [1.29, 1.82) is 0 Å². The van der Waals surface area contributed by atoms with E-state index in [1.165, 1.54) is 11.1 Å². The summed E-state index contributed by atoms with van der Waals surface area (Å²) in [6.07, 6.45) is 0.739. The highest BCUT2D eigenvalue weighted by molar-refractivity contribution is 5.96. The summed E-state index contributed by atoms with van der Waals surface area (Å²) in [6.45, 7) is 2.14. The molecule has 0 saturated carbocycles. The predicted octanol–water partition coefficient (Wildman–Crippen LogP) is 2.19. The lowest BCUT2D eigenvalue weighted by atomic mass is 9.99. The van der Waals surface area contributed by atoms with E-state index in [0.29, 0.717) is 26.2 Å². The molecule has 29 heavy (non-hydrogen) atoms. The Morgan fingerprint density at radius 2 is 1.90 bits per heavy atom. The largest absolute Gasteiger partial charge is 0.497 e. The average Bonchev–Trinajstić information content (AvgIpc) is 3.12. The van der Waals surface area contributed by atoms with Crippen molar-refractivity contribution in [3.63, 3.8) is 0 Å². The highest BCUT2D eigenvalue weighted by atomic mass is 16.5. The maximum atomic E-state index is 12.7. The Labute approximate surface area is 170 Å².